The average molecular weight is 695 g/mol. The first kappa shape index (κ1) is 35.3. The van der Waals surface area contributed by atoms with Crippen molar-refractivity contribution in [3.05, 3.63) is 86.0 Å². The van der Waals surface area contributed by atoms with Crippen molar-refractivity contribution in [2.45, 2.75) is 59.2 Å². The number of sulfonamides is 1. The van der Waals surface area contributed by atoms with Crippen molar-refractivity contribution in [2.24, 2.45) is 5.92 Å². The molecule has 0 radical (unpaired) electrons. The standard InChI is InChI=1S/C35H42N4O7S2/c1-21(2)19-45-32-17-27(18-38-31-15-22(3)36-25(6)28(31)11-12-33(38)40)9-10-29(32)30-16-23(4)47-35(30)48(41,42)39(20-44-14-13-43-8)34-24(5)26(7)46-37-34/h9-12,15-17,21H,13-14,18-20H2,1-8H3. The van der Waals surface area contributed by atoms with Crippen LogP contribution in [0, 0.1) is 40.5 Å². The highest BCUT2D eigenvalue weighted by Crippen LogP contribution is 2.42. The van der Waals surface area contributed by atoms with Gasteiger partial charge in [0.15, 0.2) is 5.82 Å². The Labute approximate surface area is 285 Å². The quantitative estimate of drug-likeness (QED) is 0.0939. The van der Waals surface area contributed by atoms with Crippen LogP contribution in [0.4, 0.5) is 5.82 Å². The van der Waals surface area contributed by atoms with E-state index in [0.29, 0.717) is 48.0 Å². The van der Waals surface area contributed by atoms with Crippen LogP contribution in [-0.4, -0.2) is 56.8 Å². The van der Waals surface area contributed by atoms with Crippen LogP contribution in [0.2, 0.25) is 0 Å². The number of fused-ring (bicyclic) bond motifs is 1. The van der Waals surface area contributed by atoms with Gasteiger partial charge >= 0.3 is 0 Å². The molecule has 256 valence electrons. The van der Waals surface area contributed by atoms with Crippen molar-refractivity contribution >= 4 is 38.1 Å². The van der Waals surface area contributed by atoms with Gasteiger partial charge in [-0.15, -0.1) is 11.3 Å². The van der Waals surface area contributed by atoms with Gasteiger partial charge in [0.05, 0.1) is 31.9 Å². The fourth-order valence-corrected chi connectivity index (χ4v) is 8.46. The van der Waals surface area contributed by atoms with Gasteiger partial charge in [0, 0.05) is 51.5 Å². The normalized spacial score (nSPS) is 11.9. The molecule has 11 nitrogen and oxygen atoms in total. The summed E-state index contributed by atoms with van der Waals surface area (Å²) >= 11 is 1.17. The zero-order valence-electron chi connectivity index (χ0n) is 28.6. The number of pyridine rings is 2. The molecule has 5 rings (SSSR count). The van der Waals surface area contributed by atoms with E-state index in [2.05, 4.69) is 10.1 Å². The van der Waals surface area contributed by atoms with Crippen LogP contribution in [-0.2, 0) is 26.0 Å². The second kappa shape index (κ2) is 14.6. The summed E-state index contributed by atoms with van der Waals surface area (Å²) in [5, 5.41) is 4.99. The SMILES string of the molecule is COCCOCN(c1noc(C)c1C)S(=O)(=O)c1sc(C)cc1-c1ccc(Cn2c(=O)ccc3c(C)nc(C)cc32)cc1OCC(C)C. The Hall–Kier alpha value is -4.04. The zero-order valence-corrected chi connectivity index (χ0v) is 30.3. The largest absolute Gasteiger partial charge is 0.493 e. The van der Waals surface area contributed by atoms with E-state index in [0.717, 1.165) is 37.0 Å². The Balaban J connectivity index is 1.61. The number of thiophene rings is 1. The second-order valence-electron chi connectivity index (χ2n) is 12.2. The smallest absolute Gasteiger partial charge is 0.277 e. The van der Waals surface area contributed by atoms with Crippen LogP contribution in [0.15, 0.2) is 56.0 Å². The van der Waals surface area contributed by atoms with Crippen LogP contribution >= 0.6 is 11.3 Å². The van der Waals surface area contributed by atoms with E-state index in [9.17, 15) is 13.2 Å². The monoisotopic (exact) mass is 694 g/mol. The molecular weight excluding hydrogens is 653 g/mol. The van der Waals surface area contributed by atoms with Crippen LogP contribution in [0.5, 0.6) is 5.75 Å². The zero-order chi connectivity index (χ0) is 34.7. The highest BCUT2D eigenvalue weighted by atomic mass is 32.2. The molecule has 13 heteroatoms. The predicted octanol–water partition coefficient (Wildman–Crippen LogP) is 6.55. The van der Waals surface area contributed by atoms with Gasteiger partial charge in [-0.05, 0) is 70.4 Å². The lowest BCUT2D eigenvalue weighted by atomic mass is 10.0. The Morgan fingerprint density at radius 3 is 2.46 bits per heavy atom. The lowest BCUT2D eigenvalue weighted by Crippen LogP contribution is -2.34. The third kappa shape index (κ3) is 7.34. The first-order valence-corrected chi connectivity index (χ1v) is 17.9. The number of aryl methyl sites for hydroxylation is 4. The maximum Gasteiger partial charge on any atom is 0.277 e. The molecule has 0 unspecified atom stereocenters. The molecule has 0 amide bonds. The van der Waals surface area contributed by atoms with Crippen molar-refractivity contribution in [1.82, 2.24) is 14.7 Å². The highest BCUT2D eigenvalue weighted by molar-refractivity contribution is 7.95. The molecule has 0 spiro atoms. The number of nitrogens with zero attached hydrogens (tertiary/aromatic N) is 4. The molecular formula is C35H42N4O7S2. The van der Waals surface area contributed by atoms with Crippen LogP contribution in [0.1, 0.15) is 47.0 Å². The van der Waals surface area contributed by atoms with Crippen molar-refractivity contribution in [3.8, 4) is 16.9 Å². The van der Waals surface area contributed by atoms with Crippen molar-refractivity contribution < 1.29 is 27.2 Å². The predicted molar refractivity (Wildman–Crippen MR) is 188 cm³/mol. The molecule has 4 heterocycles. The van der Waals surface area contributed by atoms with E-state index in [1.54, 1.807) is 31.6 Å². The Morgan fingerprint density at radius 2 is 1.77 bits per heavy atom. The lowest BCUT2D eigenvalue weighted by molar-refractivity contribution is 0.0753. The summed E-state index contributed by atoms with van der Waals surface area (Å²) in [5.74, 6) is 1.41. The Bertz CT molecular complexity index is 2100. The molecule has 0 fully saturated rings. The maximum absolute atomic E-state index is 14.5. The molecule has 1 aromatic carbocycles. The summed E-state index contributed by atoms with van der Waals surface area (Å²) in [7, 11) is -2.65. The summed E-state index contributed by atoms with van der Waals surface area (Å²) in [6.07, 6.45) is 0. The molecule has 48 heavy (non-hydrogen) atoms. The highest BCUT2D eigenvalue weighted by Gasteiger charge is 2.34. The molecule has 0 aliphatic carbocycles. The number of hydrogen-bond acceptors (Lipinski definition) is 10. The van der Waals surface area contributed by atoms with Gasteiger partial charge in [0.2, 0.25) is 0 Å². The molecule has 0 saturated heterocycles. The molecule has 5 aromatic rings. The molecule has 0 bridgehead atoms. The summed E-state index contributed by atoms with van der Waals surface area (Å²) in [6, 6.07) is 12.8. The van der Waals surface area contributed by atoms with Crippen LogP contribution in [0.25, 0.3) is 22.0 Å². The third-order valence-electron chi connectivity index (χ3n) is 7.91. The van der Waals surface area contributed by atoms with Crippen LogP contribution < -0.4 is 14.6 Å². The van der Waals surface area contributed by atoms with Crippen molar-refractivity contribution in [3.63, 3.8) is 0 Å². The number of methoxy groups -OCH3 is 1. The van der Waals surface area contributed by atoms with Crippen molar-refractivity contribution in [1.29, 1.82) is 0 Å². The first-order valence-electron chi connectivity index (χ1n) is 15.7. The molecule has 0 aliphatic rings. The number of aromatic nitrogens is 3. The van der Waals surface area contributed by atoms with Gasteiger partial charge in [-0.3, -0.25) is 9.78 Å². The van der Waals surface area contributed by atoms with Crippen molar-refractivity contribution in [2.75, 3.05) is 38.0 Å². The Kier molecular flexibility index (Phi) is 10.7. The molecule has 0 aliphatic heterocycles. The maximum atomic E-state index is 14.5. The number of rotatable bonds is 14. The summed E-state index contributed by atoms with van der Waals surface area (Å²) < 4.78 is 54.6. The van der Waals surface area contributed by atoms with E-state index < -0.39 is 10.0 Å². The minimum Gasteiger partial charge on any atom is -0.493 e. The molecule has 4 aromatic heterocycles. The van der Waals surface area contributed by atoms with Gasteiger partial charge in [-0.2, -0.15) is 0 Å². The summed E-state index contributed by atoms with van der Waals surface area (Å²) in [4.78, 5) is 18.5. The molecule has 0 N–H and O–H groups in total. The topological polar surface area (TPSA) is 126 Å². The van der Waals surface area contributed by atoms with Crippen LogP contribution in [0.3, 0.4) is 0 Å². The molecule has 0 saturated carbocycles. The number of ether oxygens (including phenoxy) is 3. The number of hydrogen-bond donors (Lipinski definition) is 0. The van der Waals surface area contributed by atoms with E-state index in [-0.39, 0.29) is 34.8 Å². The minimum absolute atomic E-state index is 0.126. The third-order valence-corrected chi connectivity index (χ3v) is 11.2. The average Bonchev–Trinajstić information content (AvgIpc) is 3.59. The van der Waals surface area contributed by atoms with Gasteiger partial charge in [-0.25, -0.2) is 12.7 Å². The summed E-state index contributed by atoms with van der Waals surface area (Å²) in [5.41, 5.74) is 4.90. The van der Waals surface area contributed by atoms with Gasteiger partial charge < -0.3 is 23.3 Å². The Morgan fingerprint density at radius 1 is 1.00 bits per heavy atom. The van der Waals surface area contributed by atoms with E-state index >= 15 is 0 Å². The van der Waals surface area contributed by atoms with Gasteiger partial charge in [-0.1, -0.05) is 31.1 Å². The fraction of sp³-hybridized carbons (Fsp3) is 0.400. The molecule has 0 atom stereocenters. The van der Waals surface area contributed by atoms with Gasteiger partial charge in [0.25, 0.3) is 15.6 Å². The lowest BCUT2D eigenvalue weighted by Gasteiger charge is -2.23. The number of benzene rings is 1. The minimum atomic E-state index is -4.20. The van der Waals surface area contributed by atoms with E-state index in [1.165, 1.54) is 11.3 Å². The van der Waals surface area contributed by atoms with E-state index in [1.807, 2.05) is 71.0 Å². The van der Waals surface area contributed by atoms with Gasteiger partial charge in [0.1, 0.15) is 22.4 Å². The number of anilines is 1. The fourth-order valence-electron chi connectivity index (χ4n) is 5.36. The summed E-state index contributed by atoms with van der Waals surface area (Å²) in [6.45, 7) is 14.2. The second-order valence-corrected chi connectivity index (χ2v) is 15.5. The van der Waals surface area contributed by atoms with E-state index in [4.69, 9.17) is 18.7 Å². The first-order chi connectivity index (χ1) is 22.8.